The Morgan fingerprint density at radius 2 is 1.85 bits per heavy atom. The number of anilines is 1. The maximum absolute atomic E-state index is 12.5. The Balaban J connectivity index is 1.23. The van der Waals surface area contributed by atoms with Crippen LogP contribution in [0.25, 0.3) is 11.3 Å². The molecule has 1 aromatic carbocycles. The van der Waals surface area contributed by atoms with E-state index in [1.54, 1.807) is 17.2 Å². The van der Waals surface area contributed by atoms with Crippen LogP contribution in [0.2, 0.25) is 0 Å². The van der Waals surface area contributed by atoms with Gasteiger partial charge in [0.25, 0.3) is 5.91 Å². The van der Waals surface area contributed by atoms with Gasteiger partial charge in [-0.1, -0.05) is 35.5 Å². The maximum Gasteiger partial charge on any atom is 0.273 e. The van der Waals surface area contributed by atoms with Crippen molar-refractivity contribution in [3.05, 3.63) is 66.0 Å². The topological polar surface area (TPSA) is 117 Å². The molecule has 0 unspecified atom stereocenters. The van der Waals surface area contributed by atoms with Gasteiger partial charge in [0.1, 0.15) is 5.82 Å². The van der Waals surface area contributed by atoms with Gasteiger partial charge in [-0.2, -0.15) is 0 Å². The summed E-state index contributed by atoms with van der Waals surface area (Å²) in [5.41, 5.74) is 1.94. The summed E-state index contributed by atoms with van der Waals surface area (Å²) in [5.74, 6) is 0.0626. The highest BCUT2D eigenvalue weighted by Crippen LogP contribution is 2.21. The number of carbonyl (C=O) groups is 3. The highest BCUT2D eigenvalue weighted by atomic mass is 16.5. The number of aromatic nitrogens is 2. The second kappa shape index (κ2) is 10.1. The third-order valence-electron chi connectivity index (χ3n) is 5.59. The fraction of sp³-hybridized carbons (Fsp3) is 0.292. The van der Waals surface area contributed by atoms with Crippen molar-refractivity contribution in [1.82, 2.24) is 20.4 Å². The SMILES string of the molecule is Cc1ccnc(NC(=O)C2CCN(C(=O)CNC(=O)c3cc(-c4ccccc4)on3)CC2)c1. The molecule has 33 heavy (non-hydrogen) atoms. The van der Waals surface area contributed by atoms with Gasteiger partial charge in [0.05, 0.1) is 6.54 Å². The highest BCUT2D eigenvalue weighted by molar-refractivity contribution is 5.95. The first-order valence-corrected chi connectivity index (χ1v) is 10.8. The summed E-state index contributed by atoms with van der Waals surface area (Å²) >= 11 is 0. The Morgan fingerprint density at radius 1 is 1.09 bits per heavy atom. The third-order valence-corrected chi connectivity index (χ3v) is 5.59. The van der Waals surface area contributed by atoms with E-state index >= 15 is 0 Å². The normalized spacial score (nSPS) is 14.0. The van der Waals surface area contributed by atoms with Crippen molar-refractivity contribution < 1.29 is 18.9 Å². The van der Waals surface area contributed by atoms with Crippen LogP contribution in [-0.4, -0.2) is 52.4 Å². The van der Waals surface area contributed by atoms with Gasteiger partial charge in [-0.25, -0.2) is 4.98 Å². The summed E-state index contributed by atoms with van der Waals surface area (Å²) in [7, 11) is 0. The van der Waals surface area contributed by atoms with Crippen LogP contribution in [0, 0.1) is 12.8 Å². The molecule has 0 bridgehead atoms. The number of aryl methyl sites for hydroxylation is 1. The summed E-state index contributed by atoms with van der Waals surface area (Å²) in [5, 5.41) is 9.23. The number of amides is 3. The zero-order valence-corrected chi connectivity index (χ0v) is 18.3. The number of benzene rings is 1. The molecule has 4 rings (SSSR count). The lowest BCUT2D eigenvalue weighted by Gasteiger charge is -2.31. The van der Waals surface area contributed by atoms with Gasteiger partial charge in [0, 0.05) is 36.8 Å². The Bertz CT molecular complexity index is 1140. The van der Waals surface area contributed by atoms with Crippen molar-refractivity contribution in [3.8, 4) is 11.3 Å². The first kappa shape index (κ1) is 22.2. The molecule has 9 heteroatoms. The molecular formula is C24H25N5O4. The largest absolute Gasteiger partial charge is 0.355 e. The second-order valence-electron chi connectivity index (χ2n) is 7.99. The molecule has 9 nitrogen and oxygen atoms in total. The summed E-state index contributed by atoms with van der Waals surface area (Å²) in [6.45, 7) is 2.70. The van der Waals surface area contributed by atoms with Crippen molar-refractivity contribution in [1.29, 1.82) is 0 Å². The fourth-order valence-electron chi connectivity index (χ4n) is 3.70. The monoisotopic (exact) mass is 447 g/mol. The van der Waals surface area contributed by atoms with E-state index in [9.17, 15) is 14.4 Å². The number of piperidine rings is 1. The summed E-state index contributed by atoms with van der Waals surface area (Å²) in [6.07, 6.45) is 2.77. The number of pyridine rings is 1. The van der Waals surface area contributed by atoms with E-state index in [0.717, 1.165) is 11.1 Å². The maximum atomic E-state index is 12.5. The number of likely N-dealkylation sites (tertiary alicyclic amines) is 1. The number of nitrogens with zero attached hydrogens (tertiary/aromatic N) is 3. The summed E-state index contributed by atoms with van der Waals surface area (Å²) in [4.78, 5) is 43.2. The number of hydrogen-bond acceptors (Lipinski definition) is 6. The van der Waals surface area contributed by atoms with Crippen molar-refractivity contribution in [2.45, 2.75) is 19.8 Å². The Labute approximate surface area is 191 Å². The van der Waals surface area contributed by atoms with Gasteiger partial charge >= 0.3 is 0 Å². The van der Waals surface area contributed by atoms with E-state index in [2.05, 4.69) is 20.8 Å². The molecule has 2 aromatic heterocycles. The van der Waals surface area contributed by atoms with Gasteiger partial charge in [-0.05, 0) is 37.5 Å². The molecule has 3 heterocycles. The average Bonchev–Trinajstić information content (AvgIpc) is 3.33. The lowest BCUT2D eigenvalue weighted by Crippen LogP contribution is -2.45. The quantitative estimate of drug-likeness (QED) is 0.600. The minimum absolute atomic E-state index is 0.0891. The molecule has 2 N–H and O–H groups in total. The molecule has 0 spiro atoms. The zero-order valence-electron chi connectivity index (χ0n) is 18.3. The summed E-state index contributed by atoms with van der Waals surface area (Å²) < 4.78 is 5.23. The molecular weight excluding hydrogens is 422 g/mol. The standard InChI is InChI=1S/C24H25N5O4/c1-16-7-10-25-21(13-16)27-23(31)18-8-11-29(12-9-18)22(30)15-26-24(32)19-14-20(33-28-19)17-5-3-2-4-6-17/h2-7,10,13-14,18H,8-9,11-12,15H2,1H3,(H,26,32)(H,25,27,31). The van der Waals surface area contributed by atoms with Crippen molar-refractivity contribution in [3.63, 3.8) is 0 Å². The van der Waals surface area contributed by atoms with Crippen LogP contribution < -0.4 is 10.6 Å². The van der Waals surface area contributed by atoms with Crippen LogP contribution in [-0.2, 0) is 9.59 Å². The van der Waals surface area contributed by atoms with E-state index in [1.165, 1.54) is 0 Å². The molecule has 1 aliphatic heterocycles. The average molecular weight is 447 g/mol. The fourth-order valence-corrected chi connectivity index (χ4v) is 3.70. The first-order chi connectivity index (χ1) is 16.0. The van der Waals surface area contributed by atoms with Crippen molar-refractivity contribution in [2.24, 2.45) is 5.92 Å². The van der Waals surface area contributed by atoms with Crippen LogP contribution in [0.3, 0.4) is 0 Å². The second-order valence-corrected chi connectivity index (χ2v) is 7.99. The number of carbonyl (C=O) groups excluding carboxylic acids is 3. The lowest BCUT2D eigenvalue weighted by molar-refractivity contribution is -0.133. The van der Waals surface area contributed by atoms with Gasteiger partial charge in [-0.3, -0.25) is 14.4 Å². The van der Waals surface area contributed by atoms with Gasteiger partial charge in [0.2, 0.25) is 11.8 Å². The summed E-state index contributed by atoms with van der Waals surface area (Å²) in [6, 6.07) is 14.5. The molecule has 0 radical (unpaired) electrons. The van der Waals surface area contributed by atoms with E-state index in [-0.39, 0.29) is 30.0 Å². The van der Waals surface area contributed by atoms with E-state index in [0.29, 0.717) is 37.5 Å². The number of nitrogens with one attached hydrogen (secondary N) is 2. The van der Waals surface area contributed by atoms with Crippen LogP contribution in [0.15, 0.2) is 59.3 Å². The highest BCUT2D eigenvalue weighted by Gasteiger charge is 2.28. The molecule has 1 aliphatic rings. The molecule has 1 saturated heterocycles. The Kier molecular flexibility index (Phi) is 6.77. The predicted octanol–water partition coefficient (Wildman–Crippen LogP) is 2.65. The molecule has 0 atom stereocenters. The van der Waals surface area contributed by atoms with Crippen molar-refractivity contribution in [2.75, 3.05) is 25.0 Å². The van der Waals surface area contributed by atoms with Crippen LogP contribution in [0.5, 0.6) is 0 Å². The van der Waals surface area contributed by atoms with E-state index in [4.69, 9.17) is 4.52 Å². The van der Waals surface area contributed by atoms with Crippen molar-refractivity contribution >= 4 is 23.5 Å². The molecule has 170 valence electrons. The molecule has 3 amide bonds. The van der Waals surface area contributed by atoms with Gasteiger partial charge in [-0.15, -0.1) is 0 Å². The molecule has 3 aromatic rings. The Hall–Kier alpha value is -4.01. The van der Waals surface area contributed by atoms with Gasteiger partial charge in [0.15, 0.2) is 11.5 Å². The zero-order chi connectivity index (χ0) is 23.2. The number of rotatable bonds is 6. The molecule has 0 aliphatic carbocycles. The minimum Gasteiger partial charge on any atom is -0.355 e. The first-order valence-electron chi connectivity index (χ1n) is 10.8. The van der Waals surface area contributed by atoms with Crippen LogP contribution in [0.1, 0.15) is 28.9 Å². The molecule has 0 saturated carbocycles. The Morgan fingerprint density at radius 3 is 2.58 bits per heavy atom. The van der Waals surface area contributed by atoms with E-state index in [1.807, 2.05) is 49.4 Å². The smallest absolute Gasteiger partial charge is 0.273 e. The van der Waals surface area contributed by atoms with Gasteiger partial charge < -0.3 is 20.1 Å². The third kappa shape index (κ3) is 5.62. The van der Waals surface area contributed by atoms with Crippen LogP contribution in [0.4, 0.5) is 5.82 Å². The van der Waals surface area contributed by atoms with Crippen LogP contribution >= 0.6 is 0 Å². The van der Waals surface area contributed by atoms with E-state index < -0.39 is 5.91 Å². The molecule has 1 fully saturated rings. The lowest BCUT2D eigenvalue weighted by atomic mass is 9.96. The minimum atomic E-state index is -0.478. The number of hydrogen-bond donors (Lipinski definition) is 2. The predicted molar refractivity (Wildman–Crippen MR) is 121 cm³/mol.